The van der Waals surface area contributed by atoms with Gasteiger partial charge in [-0.2, -0.15) is 0 Å². The number of nitro groups is 1. The Morgan fingerprint density at radius 1 is 1.11 bits per heavy atom. The van der Waals surface area contributed by atoms with Crippen LogP contribution in [-0.2, 0) is 6.42 Å². The highest BCUT2D eigenvalue weighted by Crippen LogP contribution is 2.41. The molecule has 4 aromatic rings. The van der Waals surface area contributed by atoms with Gasteiger partial charge in [-0.3, -0.25) is 19.5 Å². The highest BCUT2D eigenvalue weighted by molar-refractivity contribution is 7.07. The van der Waals surface area contributed by atoms with E-state index in [4.69, 9.17) is 16.6 Å². The Balaban J connectivity index is 1.60. The predicted octanol–water partition coefficient (Wildman–Crippen LogP) is 4.59. The minimum absolute atomic E-state index is 0.222. The van der Waals surface area contributed by atoms with E-state index in [-0.39, 0.29) is 11.6 Å². The molecule has 178 valence electrons. The average Bonchev–Trinajstić information content (AvgIpc) is 3.18. The number of thiazole rings is 1. The summed E-state index contributed by atoms with van der Waals surface area (Å²) in [6, 6.07) is 19.4. The molecule has 0 unspecified atom stereocenters. The zero-order valence-electron chi connectivity index (χ0n) is 18.7. The second-order valence-electron chi connectivity index (χ2n) is 8.67. The topological polar surface area (TPSA) is 97.7 Å². The summed E-state index contributed by atoms with van der Waals surface area (Å²) in [5, 5.41) is 21.7. The number of fused-ring (bicyclic) bond motifs is 3. The second kappa shape index (κ2) is 8.58. The zero-order valence-corrected chi connectivity index (χ0v) is 20.3. The maximum Gasteiger partial charge on any atom is 0.311 e. The SMILES string of the molecule is O=c1/c(=C\c2ccc(O)c([N+](=O)[O-])c2)sc2n1[C@@H](c1ccc(Cl)cc1)C1=C(N=2)c2ccccc2CC1. The molecule has 2 aliphatic rings. The van der Waals surface area contributed by atoms with Gasteiger partial charge in [0.05, 0.1) is 21.2 Å². The molecule has 1 aliphatic carbocycles. The first-order chi connectivity index (χ1) is 17.4. The highest BCUT2D eigenvalue weighted by Gasteiger charge is 2.32. The number of allylic oxidation sites excluding steroid dienone is 1. The van der Waals surface area contributed by atoms with Crippen molar-refractivity contribution < 1.29 is 10.0 Å². The van der Waals surface area contributed by atoms with Crippen molar-refractivity contribution in [1.29, 1.82) is 0 Å². The summed E-state index contributed by atoms with van der Waals surface area (Å²) in [5.74, 6) is -0.423. The summed E-state index contributed by atoms with van der Waals surface area (Å²) in [4.78, 5) is 29.8. The van der Waals surface area contributed by atoms with E-state index in [1.54, 1.807) is 16.7 Å². The molecule has 0 amide bonds. The molecule has 6 rings (SSSR count). The van der Waals surface area contributed by atoms with Crippen molar-refractivity contribution in [2.75, 3.05) is 0 Å². The van der Waals surface area contributed by atoms with Gasteiger partial charge in [-0.1, -0.05) is 65.4 Å². The quantitative estimate of drug-likeness (QED) is 0.319. The van der Waals surface area contributed by atoms with Gasteiger partial charge in [0.25, 0.3) is 5.56 Å². The van der Waals surface area contributed by atoms with Crippen molar-refractivity contribution >= 4 is 40.4 Å². The number of nitrogens with zero attached hydrogens (tertiary/aromatic N) is 3. The Labute approximate surface area is 213 Å². The molecule has 7 nitrogen and oxygen atoms in total. The van der Waals surface area contributed by atoms with Gasteiger partial charge >= 0.3 is 5.69 Å². The van der Waals surface area contributed by atoms with E-state index in [9.17, 15) is 20.0 Å². The second-order valence-corrected chi connectivity index (χ2v) is 10.1. The predicted molar refractivity (Wildman–Crippen MR) is 139 cm³/mol. The van der Waals surface area contributed by atoms with Gasteiger partial charge in [-0.15, -0.1) is 0 Å². The number of halogens is 1. The van der Waals surface area contributed by atoms with Crippen molar-refractivity contribution in [2.24, 2.45) is 4.99 Å². The molecule has 0 radical (unpaired) electrons. The van der Waals surface area contributed by atoms with Crippen molar-refractivity contribution in [3.8, 4) is 5.75 Å². The third kappa shape index (κ3) is 3.66. The van der Waals surface area contributed by atoms with Crippen LogP contribution in [0.15, 0.2) is 82.1 Å². The lowest BCUT2D eigenvalue weighted by Gasteiger charge is -2.30. The van der Waals surface area contributed by atoms with Crippen LogP contribution in [0.25, 0.3) is 11.8 Å². The van der Waals surface area contributed by atoms with Crippen LogP contribution in [0.1, 0.15) is 34.7 Å². The molecule has 0 bridgehead atoms. The fourth-order valence-corrected chi connectivity index (χ4v) is 6.02. The lowest BCUT2D eigenvalue weighted by molar-refractivity contribution is -0.385. The summed E-state index contributed by atoms with van der Waals surface area (Å²) < 4.78 is 2.11. The first-order valence-corrected chi connectivity index (χ1v) is 12.5. The van der Waals surface area contributed by atoms with Crippen molar-refractivity contribution in [3.05, 3.63) is 129 Å². The molecule has 0 fully saturated rings. The van der Waals surface area contributed by atoms with Gasteiger partial charge in [-0.05, 0) is 59.4 Å². The van der Waals surface area contributed by atoms with E-state index < -0.39 is 16.4 Å². The molecule has 0 saturated carbocycles. The van der Waals surface area contributed by atoms with Gasteiger partial charge in [0.2, 0.25) is 0 Å². The molecule has 9 heteroatoms. The number of nitro benzene ring substituents is 1. The molecular formula is C27H18ClN3O4S. The van der Waals surface area contributed by atoms with Crippen LogP contribution in [0, 0.1) is 10.1 Å². The summed E-state index contributed by atoms with van der Waals surface area (Å²) in [6.07, 6.45) is 3.24. The zero-order chi connectivity index (χ0) is 25.0. The highest BCUT2D eigenvalue weighted by atomic mass is 35.5. The van der Waals surface area contributed by atoms with Gasteiger partial charge in [0.15, 0.2) is 10.6 Å². The van der Waals surface area contributed by atoms with Gasteiger partial charge in [0.1, 0.15) is 0 Å². The molecule has 1 aliphatic heterocycles. The third-order valence-electron chi connectivity index (χ3n) is 6.55. The Bertz CT molecular complexity index is 1770. The molecule has 36 heavy (non-hydrogen) atoms. The third-order valence-corrected chi connectivity index (χ3v) is 7.79. The molecular weight excluding hydrogens is 498 g/mol. The summed E-state index contributed by atoms with van der Waals surface area (Å²) >= 11 is 7.40. The molecule has 0 spiro atoms. The van der Waals surface area contributed by atoms with Crippen molar-refractivity contribution in [2.45, 2.75) is 18.9 Å². The van der Waals surface area contributed by atoms with Gasteiger partial charge < -0.3 is 5.11 Å². The van der Waals surface area contributed by atoms with E-state index >= 15 is 0 Å². The molecule has 3 aromatic carbocycles. The maximum atomic E-state index is 13.7. The van der Waals surface area contributed by atoms with Crippen LogP contribution in [-0.4, -0.2) is 14.6 Å². The van der Waals surface area contributed by atoms with Crippen molar-refractivity contribution in [1.82, 2.24) is 4.57 Å². The van der Waals surface area contributed by atoms with Crippen LogP contribution in [0.2, 0.25) is 5.02 Å². The fourth-order valence-electron chi connectivity index (χ4n) is 4.90. The van der Waals surface area contributed by atoms with Gasteiger partial charge in [0, 0.05) is 16.7 Å². The first-order valence-electron chi connectivity index (χ1n) is 11.3. The fraction of sp³-hybridized carbons (Fsp3) is 0.111. The number of rotatable bonds is 3. The van der Waals surface area contributed by atoms with E-state index in [1.807, 2.05) is 36.4 Å². The number of aromatic nitrogens is 1. The molecule has 0 saturated heterocycles. The number of hydrogen-bond donors (Lipinski definition) is 1. The monoisotopic (exact) mass is 515 g/mol. The number of hydrogen-bond acceptors (Lipinski definition) is 6. The average molecular weight is 516 g/mol. The van der Waals surface area contributed by atoms with E-state index in [0.29, 0.717) is 19.9 Å². The summed E-state index contributed by atoms with van der Waals surface area (Å²) in [6.45, 7) is 0. The minimum atomic E-state index is -0.652. The smallest absolute Gasteiger partial charge is 0.311 e. The molecule has 1 aromatic heterocycles. The van der Waals surface area contributed by atoms with Crippen LogP contribution in [0.4, 0.5) is 5.69 Å². The molecule has 1 N–H and O–H groups in total. The lowest BCUT2D eigenvalue weighted by Crippen LogP contribution is -2.38. The van der Waals surface area contributed by atoms with E-state index in [2.05, 4.69) is 12.1 Å². The number of aryl methyl sites for hydroxylation is 1. The van der Waals surface area contributed by atoms with Crippen LogP contribution >= 0.6 is 22.9 Å². The largest absolute Gasteiger partial charge is 0.502 e. The van der Waals surface area contributed by atoms with E-state index in [1.165, 1.54) is 29.0 Å². The Hall–Kier alpha value is -4.01. The number of phenols is 1. The summed E-state index contributed by atoms with van der Waals surface area (Å²) in [7, 11) is 0. The first kappa shape index (κ1) is 22.5. The number of phenolic OH excluding ortho intramolecular Hbond substituents is 1. The van der Waals surface area contributed by atoms with Crippen LogP contribution < -0.4 is 14.9 Å². The number of aromatic hydroxyl groups is 1. The van der Waals surface area contributed by atoms with Crippen LogP contribution in [0.3, 0.4) is 0 Å². The lowest BCUT2D eigenvalue weighted by atomic mass is 9.83. The number of benzene rings is 3. The van der Waals surface area contributed by atoms with Crippen LogP contribution in [0.5, 0.6) is 5.75 Å². The molecule has 2 heterocycles. The Morgan fingerprint density at radius 2 is 1.89 bits per heavy atom. The molecule has 1 atom stereocenters. The minimum Gasteiger partial charge on any atom is -0.502 e. The summed E-state index contributed by atoms with van der Waals surface area (Å²) in [5.41, 5.74) is 5.02. The standard InChI is InChI=1S/C27H18ClN3O4S/c28-18-9-6-17(7-10-18)25-20-11-8-16-3-1-2-4-19(16)24(20)29-27-30(25)26(33)23(36-27)14-15-5-12-22(32)21(13-15)31(34)35/h1-7,9-10,12-14,25,32H,8,11H2/b23-14+/t25-/m0/s1. The van der Waals surface area contributed by atoms with E-state index in [0.717, 1.165) is 35.2 Å². The maximum absolute atomic E-state index is 13.7. The van der Waals surface area contributed by atoms with Gasteiger partial charge in [-0.25, -0.2) is 4.99 Å². The normalized spacial score (nSPS) is 16.7. The Kier molecular flexibility index (Phi) is 5.35. The van der Waals surface area contributed by atoms with Crippen molar-refractivity contribution in [3.63, 3.8) is 0 Å². The Morgan fingerprint density at radius 3 is 2.67 bits per heavy atom.